The molecule has 0 aliphatic carbocycles. The largest absolute Gasteiger partial charge is 0.416 e. The molecule has 0 atom stereocenters. The van der Waals surface area contributed by atoms with E-state index in [4.69, 9.17) is 0 Å². The SMILES string of the molecule is O=C(c1csc(-c2cccc(C(F)(F)F)c2)n1)N1CC=C(c2ccccc2)CC1. The van der Waals surface area contributed by atoms with E-state index in [0.29, 0.717) is 23.7 Å². The average molecular weight is 414 g/mol. The van der Waals surface area contributed by atoms with Crippen molar-refractivity contribution < 1.29 is 18.0 Å². The van der Waals surface area contributed by atoms with E-state index >= 15 is 0 Å². The zero-order valence-corrected chi connectivity index (χ0v) is 16.1. The highest BCUT2D eigenvalue weighted by Gasteiger charge is 2.30. The summed E-state index contributed by atoms with van der Waals surface area (Å²) in [6.07, 6.45) is -1.63. The third-order valence-corrected chi connectivity index (χ3v) is 5.69. The van der Waals surface area contributed by atoms with Crippen molar-refractivity contribution in [1.29, 1.82) is 0 Å². The van der Waals surface area contributed by atoms with Crippen LogP contribution >= 0.6 is 11.3 Å². The molecule has 1 aliphatic rings. The third-order valence-electron chi connectivity index (χ3n) is 4.80. The summed E-state index contributed by atoms with van der Waals surface area (Å²) in [7, 11) is 0. The lowest BCUT2D eigenvalue weighted by Crippen LogP contribution is -2.34. The van der Waals surface area contributed by atoms with Gasteiger partial charge in [0.05, 0.1) is 5.56 Å². The predicted octanol–water partition coefficient (Wildman–Crippen LogP) is 5.76. The first kappa shape index (κ1) is 19.4. The number of aromatic nitrogens is 1. The lowest BCUT2D eigenvalue weighted by molar-refractivity contribution is -0.137. The van der Waals surface area contributed by atoms with Crippen LogP contribution in [0.1, 0.15) is 28.0 Å². The second-order valence-corrected chi connectivity index (χ2v) is 7.57. The Hall–Kier alpha value is -2.93. The fraction of sp³-hybridized carbons (Fsp3) is 0.182. The molecule has 3 nitrogen and oxygen atoms in total. The second-order valence-electron chi connectivity index (χ2n) is 6.71. The Labute approximate surface area is 170 Å². The molecule has 0 saturated carbocycles. The van der Waals surface area contributed by atoms with Gasteiger partial charge >= 0.3 is 6.18 Å². The summed E-state index contributed by atoms with van der Waals surface area (Å²) in [5, 5.41) is 2.01. The number of nitrogens with zero attached hydrogens (tertiary/aromatic N) is 2. The summed E-state index contributed by atoms with van der Waals surface area (Å²) in [6, 6.07) is 15.0. The van der Waals surface area contributed by atoms with Crippen LogP contribution in [0.5, 0.6) is 0 Å². The first-order valence-electron chi connectivity index (χ1n) is 9.09. The van der Waals surface area contributed by atoms with Gasteiger partial charge in [0.15, 0.2) is 0 Å². The standard InChI is InChI=1S/C22H17F3N2OS/c23-22(24,25)18-8-4-7-17(13-18)20-26-19(14-29-20)21(28)27-11-9-16(10-12-27)15-5-2-1-3-6-15/h1-9,13-14H,10-12H2. The number of hydrogen-bond acceptors (Lipinski definition) is 3. The molecule has 3 aromatic rings. The minimum absolute atomic E-state index is 0.206. The maximum atomic E-state index is 12.9. The van der Waals surface area contributed by atoms with Gasteiger partial charge in [0, 0.05) is 24.0 Å². The molecule has 29 heavy (non-hydrogen) atoms. The van der Waals surface area contributed by atoms with Crippen LogP contribution in [-0.2, 0) is 6.18 Å². The molecule has 1 amide bonds. The average Bonchev–Trinajstić information content (AvgIpc) is 3.24. The molecular formula is C22H17F3N2OS. The van der Waals surface area contributed by atoms with E-state index in [9.17, 15) is 18.0 Å². The molecule has 0 unspecified atom stereocenters. The van der Waals surface area contributed by atoms with Crippen LogP contribution in [0.4, 0.5) is 13.2 Å². The van der Waals surface area contributed by atoms with Crippen LogP contribution in [0.2, 0.25) is 0 Å². The molecule has 0 fully saturated rings. The van der Waals surface area contributed by atoms with Crippen molar-refractivity contribution in [2.24, 2.45) is 0 Å². The summed E-state index contributed by atoms with van der Waals surface area (Å²) >= 11 is 1.17. The molecular weight excluding hydrogens is 397 g/mol. The zero-order chi connectivity index (χ0) is 20.4. The summed E-state index contributed by atoms with van der Waals surface area (Å²) in [5.41, 5.74) is 2.25. The fourth-order valence-electron chi connectivity index (χ4n) is 3.26. The molecule has 1 aromatic heterocycles. The van der Waals surface area contributed by atoms with Crippen LogP contribution < -0.4 is 0 Å². The number of amides is 1. The second kappa shape index (κ2) is 7.83. The van der Waals surface area contributed by atoms with Gasteiger partial charge in [0.2, 0.25) is 0 Å². The lowest BCUT2D eigenvalue weighted by atomic mass is 9.99. The Morgan fingerprint density at radius 2 is 1.79 bits per heavy atom. The Bertz CT molecular complexity index is 1060. The number of benzene rings is 2. The maximum absolute atomic E-state index is 12.9. The van der Waals surface area contributed by atoms with Crippen molar-refractivity contribution in [3.63, 3.8) is 0 Å². The summed E-state index contributed by atoms with van der Waals surface area (Å²) < 4.78 is 38.8. The van der Waals surface area contributed by atoms with Gasteiger partial charge in [0.25, 0.3) is 5.91 Å². The van der Waals surface area contributed by atoms with E-state index in [1.165, 1.54) is 23.0 Å². The third kappa shape index (κ3) is 4.24. The molecule has 0 spiro atoms. The first-order valence-corrected chi connectivity index (χ1v) is 9.97. The molecule has 4 rings (SSSR count). The smallest absolute Gasteiger partial charge is 0.333 e. The monoisotopic (exact) mass is 414 g/mol. The van der Waals surface area contributed by atoms with Gasteiger partial charge in [-0.05, 0) is 29.7 Å². The molecule has 1 aliphatic heterocycles. The van der Waals surface area contributed by atoms with E-state index in [1.54, 1.807) is 16.3 Å². The zero-order valence-electron chi connectivity index (χ0n) is 15.3. The Balaban J connectivity index is 1.49. The van der Waals surface area contributed by atoms with Crippen molar-refractivity contribution >= 4 is 22.8 Å². The van der Waals surface area contributed by atoms with E-state index < -0.39 is 11.7 Å². The molecule has 0 radical (unpaired) electrons. The molecule has 0 saturated heterocycles. The summed E-state index contributed by atoms with van der Waals surface area (Å²) in [5.74, 6) is -0.206. The number of carbonyl (C=O) groups is 1. The van der Waals surface area contributed by atoms with Gasteiger partial charge in [-0.25, -0.2) is 4.98 Å². The van der Waals surface area contributed by atoms with Crippen LogP contribution in [-0.4, -0.2) is 28.9 Å². The van der Waals surface area contributed by atoms with Crippen molar-refractivity contribution in [2.45, 2.75) is 12.6 Å². The van der Waals surface area contributed by atoms with Crippen molar-refractivity contribution in [3.8, 4) is 10.6 Å². The molecule has 0 N–H and O–H groups in total. The molecule has 2 heterocycles. The number of thiazole rings is 1. The minimum atomic E-state index is -4.41. The molecule has 2 aromatic carbocycles. The van der Waals surface area contributed by atoms with Gasteiger partial charge in [-0.3, -0.25) is 4.79 Å². The van der Waals surface area contributed by atoms with Gasteiger partial charge < -0.3 is 4.90 Å². The fourth-order valence-corrected chi connectivity index (χ4v) is 4.05. The first-order chi connectivity index (χ1) is 13.9. The Morgan fingerprint density at radius 3 is 2.48 bits per heavy atom. The molecule has 148 valence electrons. The summed E-state index contributed by atoms with van der Waals surface area (Å²) in [4.78, 5) is 18.8. The van der Waals surface area contributed by atoms with Crippen LogP contribution in [0.25, 0.3) is 16.1 Å². The number of hydrogen-bond donors (Lipinski definition) is 0. The van der Waals surface area contributed by atoms with E-state index in [1.807, 2.05) is 36.4 Å². The highest BCUT2D eigenvalue weighted by molar-refractivity contribution is 7.13. The highest BCUT2D eigenvalue weighted by atomic mass is 32.1. The Morgan fingerprint density at radius 1 is 1.03 bits per heavy atom. The lowest BCUT2D eigenvalue weighted by Gasteiger charge is -2.26. The van der Waals surface area contributed by atoms with E-state index in [0.717, 1.165) is 24.1 Å². The van der Waals surface area contributed by atoms with Gasteiger partial charge in [-0.15, -0.1) is 11.3 Å². The van der Waals surface area contributed by atoms with Crippen molar-refractivity contribution in [2.75, 3.05) is 13.1 Å². The highest BCUT2D eigenvalue weighted by Crippen LogP contribution is 2.33. The summed E-state index contributed by atoms with van der Waals surface area (Å²) in [6.45, 7) is 1.06. The normalized spacial score (nSPS) is 14.6. The predicted molar refractivity (Wildman–Crippen MR) is 107 cm³/mol. The van der Waals surface area contributed by atoms with E-state index in [2.05, 4.69) is 4.98 Å². The number of alkyl halides is 3. The maximum Gasteiger partial charge on any atom is 0.416 e. The Kier molecular flexibility index (Phi) is 5.24. The minimum Gasteiger partial charge on any atom is -0.333 e. The quantitative estimate of drug-likeness (QED) is 0.546. The molecule has 0 bridgehead atoms. The van der Waals surface area contributed by atoms with Crippen molar-refractivity contribution in [3.05, 3.63) is 82.9 Å². The van der Waals surface area contributed by atoms with E-state index in [-0.39, 0.29) is 11.6 Å². The number of carbonyl (C=O) groups excluding carboxylic acids is 1. The van der Waals surface area contributed by atoms with Crippen molar-refractivity contribution in [1.82, 2.24) is 9.88 Å². The van der Waals surface area contributed by atoms with Crippen LogP contribution in [0.3, 0.4) is 0 Å². The van der Waals surface area contributed by atoms with Gasteiger partial charge in [0.1, 0.15) is 10.7 Å². The topological polar surface area (TPSA) is 33.2 Å². The number of rotatable bonds is 3. The van der Waals surface area contributed by atoms with Crippen LogP contribution in [0.15, 0.2) is 66.1 Å². The molecule has 7 heteroatoms. The number of halogens is 3. The van der Waals surface area contributed by atoms with Gasteiger partial charge in [-0.1, -0.05) is 48.5 Å². The van der Waals surface area contributed by atoms with Crippen LogP contribution in [0, 0.1) is 0 Å². The van der Waals surface area contributed by atoms with Gasteiger partial charge in [-0.2, -0.15) is 13.2 Å².